The third kappa shape index (κ3) is 4.71. The number of ether oxygens (including phenoxy) is 1. The van der Waals surface area contributed by atoms with Crippen molar-refractivity contribution in [2.24, 2.45) is 0 Å². The molecule has 6 N–H and O–H groups in total. The molecule has 0 saturated carbocycles. The number of nitrogens with one attached hydrogen (secondary N) is 1. The monoisotopic (exact) mass is 470 g/mol. The van der Waals surface area contributed by atoms with Gasteiger partial charge >= 0.3 is 7.75 Å². The highest BCUT2D eigenvalue weighted by molar-refractivity contribution is 7.50. The van der Waals surface area contributed by atoms with E-state index in [9.17, 15) is 19.7 Å². The van der Waals surface area contributed by atoms with Crippen LogP contribution in [0.4, 0.5) is 5.82 Å². The van der Waals surface area contributed by atoms with E-state index in [1.54, 1.807) is 24.3 Å². The van der Waals surface area contributed by atoms with Crippen LogP contribution in [0.25, 0.3) is 11.2 Å². The highest BCUT2D eigenvalue weighted by Gasteiger charge is 2.45. The van der Waals surface area contributed by atoms with Crippen molar-refractivity contribution < 1.29 is 28.9 Å². The number of hydrogen-bond acceptors (Lipinski definition) is 9. The fourth-order valence-electron chi connectivity index (χ4n) is 3.20. The number of nitrogens with zero attached hydrogens (tertiary/aromatic N) is 4. The maximum absolute atomic E-state index is 12.3. The number of aliphatic hydroxyl groups excluding tert-OH is 2. The molecule has 1 aliphatic heterocycles. The van der Waals surface area contributed by atoms with Gasteiger partial charge in [0.15, 0.2) is 17.7 Å². The van der Waals surface area contributed by atoms with Gasteiger partial charge in [-0.2, -0.15) is 9.97 Å². The van der Waals surface area contributed by atoms with Gasteiger partial charge in [0, 0.05) is 6.54 Å². The summed E-state index contributed by atoms with van der Waals surface area (Å²) in [7, 11) is -4.19. The molecule has 0 bridgehead atoms. The fraction of sp³-hybridized carbons (Fsp3) is 0.353. The molecule has 1 aromatic carbocycles. The molecule has 12 nitrogen and oxygen atoms in total. The van der Waals surface area contributed by atoms with Crippen molar-refractivity contribution in [3.63, 3.8) is 0 Å². The van der Waals surface area contributed by atoms with Gasteiger partial charge in [-0.05, 0) is 17.2 Å². The molecule has 0 aliphatic carbocycles. The molecule has 1 unspecified atom stereocenters. The number of nitrogen functional groups attached to an aromatic ring is 1. The van der Waals surface area contributed by atoms with E-state index in [1.165, 1.54) is 10.9 Å². The van der Waals surface area contributed by atoms with Crippen LogP contribution in [0.5, 0.6) is 0 Å². The number of rotatable bonds is 7. The molecule has 31 heavy (non-hydrogen) atoms. The second-order valence-electron chi connectivity index (χ2n) is 6.88. The topological polar surface area (TPSA) is 178 Å². The van der Waals surface area contributed by atoms with E-state index in [-0.39, 0.29) is 28.8 Å². The summed E-state index contributed by atoms with van der Waals surface area (Å²) < 4.78 is 24.3. The van der Waals surface area contributed by atoms with Gasteiger partial charge in [0.2, 0.25) is 5.28 Å². The Hall–Kier alpha value is -2.15. The Balaban J connectivity index is 1.43. The van der Waals surface area contributed by atoms with Crippen LogP contribution in [0.15, 0.2) is 36.7 Å². The van der Waals surface area contributed by atoms with Gasteiger partial charge in [-0.25, -0.2) is 14.6 Å². The van der Waals surface area contributed by atoms with Crippen molar-refractivity contribution in [1.29, 1.82) is 0 Å². The normalized spacial score (nSPS) is 25.7. The predicted octanol–water partition coefficient (Wildman–Crippen LogP) is 0.588. The molecule has 0 spiro atoms. The molecule has 1 aliphatic rings. The number of aliphatic hydroxyl groups is 2. The second kappa shape index (κ2) is 8.77. The molecule has 14 heteroatoms. The highest BCUT2D eigenvalue weighted by Crippen LogP contribution is 2.40. The van der Waals surface area contributed by atoms with Gasteiger partial charge < -0.3 is 25.6 Å². The van der Waals surface area contributed by atoms with Gasteiger partial charge in [0.1, 0.15) is 23.8 Å². The smallest absolute Gasteiger partial charge is 0.387 e. The van der Waals surface area contributed by atoms with Gasteiger partial charge in [-0.1, -0.05) is 30.3 Å². The summed E-state index contributed by atoms with van der Waals surface area (Å²) in [6.07, 6.45) is -3.67. The molecule has 2 aromatic heterocycles. The molecule has 5 atom stereocenters. The zero-order valence-electron chi connectivity index (χ0n) is 15.9. The molecular weight excluding hydrogens is 451 g/mol. The summed E-state index contributed by atoms with van der Waals surface area (Å²) in [5.41, 5.74) is 7.02. The maximum Gasteiger partial charge on any atom is 0.403 e. The number of halogens is 1. The highest BCUT2D eigenvalue weighted by atomic mass is 35.5. The molecule has 0 radical (unpaired) electrons. The van der Waals surface area contributed by atoms with Gasteiger partial charge in [-0.3, -0.25) is 9.09 Å². The molecule has 1 saturated heterocycles. The van der Waals surface area contributed by atoms with Crippen molar-refractivity contribution >= 4 is 36.3 Å². The lowest BCUT2D eigenvalue weighted by Crippen LogP contribution is -2.34. The summed E-state index contributed by atoms with van der Waals surface area (Å²) in [6, 6.07) is 9.01. The van der Waals surface area contributed by atoms with Crippen LogP contribution in [-0.2, 0) is 20.4 Å². The zero-order chi connectivity index (χ0) is 22.2. The quantitative estimate of drug-likeness (QED) is 0.241. The van der Waals surface area contributed by atoms with E-state index >= 15 is 0 Å². The molecule has 0 amide bonds. The van der Waals surface area contributed by atoms with Crippen molar-refractivity contribution in [3.05, 3.63) is 47.5 Å². The number of fused-ring (bicyclic) bond motifs is 1. The minimum Gasteiger partial charge on any atom is -0.387 e. The molecule has 3 aromatic rings. The van der Waals surface area contributed by atoms with E-state index in [1.807, 2.05) is 6.07 Å². The number of benzene rings is 1. The largest absolute Gasteiger partial charge is 0.403 e. The first-order valence-electron chi connectivity index (χ1n) is 9.19. The second-order valence-corrected chi connectivity index (χ2v) is 8.84. The number of hydrogen-bond donors (Lipinski definition) is 5. The van der Waals surface area contributed by atoms with Gasteiger partial charge in [0.25, 0.3) is 0 Å². The lowest BCUT2D eigenvalue weighted by Gasteiger charge is -2.18. The third-order valence-electron chi connectivity index (χ3n) is 4.77. The van der Waals surface area contributed by atoms with E-state index in [0.717, 1.165) is 5.56 Å². The molecule has 1 fully saturated rings. The number of nitrogens with two attached hydrogens (primary N) is 1. The summed E-state index contributed by atoms with van der Waals surface area (Å²) >= 11 is 5.85. The van der Waals surface area contributed by atoms with E-state index < -0.39 is 38.9 Å². The van der Waals surface area contributed by atoms with E-state index in [2.05, 4.69) is 20.0 Å². The Morgan fingerprint density at radius 2 is 2.00 bits per heavy atom. The lowest BCUT2D eigenvalue weighted by molar-refractivity contribution is -0.0487. The Kier molecular flexibility index (Phi) is 6.24. The van der Waals surface area contributed by atoms with Gasteiger partial charge in [-0.15, -0.1) is 0 Å². The van der Waals surface area contributed by atoms with Crippen LogP contribution in [0.2, 0.25) is 5.28 Å². The first kappa shape index (κ1) is 22.1. The van der Waals surface area contributed by atoms with Crippen LogP contribution in [0, 0.1) is 0 Å². The summed E-state index contributed by atoms with van der Waals surface area (Å²) in [5, 5.41) is 23.1. The maximum atomic E-state index is 12.3. The van der Waals surface area contributed by atoms with E-state index in [4.69, 9.17) is 26.6 Å². The van der Waals surface area contributed by atoms with Crippen molar-refractivity contribution in [2.45, 2.75) is 31.1 Å². The Labute approximate surface area is 181 Å². The Morgan fingerprint density at radius 1 is 1.26 bits per heavy atom. The average Bonchev–Trinajstić information content (AvgIpc) is 3.27. The van der Waals surface area contributed by atoms with Crippen LogP contribution in [0.3, 0.4) is 0 Å². The number of aromatic nitrogens is 4. The predicted molar refractivity (Wildman–Crippen MR) is 110 cm³/mol. The molecule has 4 rings (SSSR count). The summed E-state index contributed by atoms with van der Waals surface area (Å²) in [5.74, 6) is 0.0485. The van der Waals surface area contributed by atoms with Crippen molar-refractivity contribution in [1.82, 2.24) is 24.6 Å². The SMILES string of the molecule is Nc1nc(Cl)nc2c1ncn2[C@@H]1O[C@H](COP(=O)(O)NCc2ccccc2)[C@@H](O)[C@@H]1O. The standard InChI is InChI=1S/C17H20ClN6O6P/c18-17-22-14(19)11-15(23-17)24(8-20-11)16-13(26)12(25)10(30-16)7-29-31(27,28)21-6-9-4-2-1-3-5-9/h1-5,8,10,12-13,16,25-26H,6-7H2,(H2,19,22,23)(H2,21,27,28)/t10-,12-,13+,16-/m1/s1. The van der Waals surface area contributed by atoms with Crippen molar-refractivity contribution in [3.8, 4) is 0 Å². The average molecular weight is 471 g/mol. The Morgan fingerprint density at radius 3 is 2.74 bits per heavy atom. The zero-order valence-corrected chi connectivity index (χ0v) is 17.6. The molecule has 3 heterocycles. The molecular formula is C17H20ClN6O6P. The number of imidazole rings is 1. The lowest BCUT2D eigenvalue weighted by atomic mass is 10.1. The first-order chi connectivity index (χ1) is 14.7. The van der Waals surface area contributed by atoms with Crippen molar-refractivity contribution in [2.75, 3.05) is 12.3 Å². The van der Waals surface area contributed by atoms with Crippen LogP contribution in [0.1, 0.15) is 11.8 Å². The van der Waals surface area contributed by atoms with Crippen LogP contribution >= 0.6 is 19.3 Å². The van der Waals surface area contributed by atoms with Crippen LogP contribution in [-0.4, -0.2) is 59.5 Å². The third-order valence-corrected chi connectivity index (χ3v) is 6.00. The Bertz CT molecular complexity index is 1120. The minimum atomic E-state index is -4.19. The van der Waals surface area contributed by atoms with Crippen LogP contribution < -0.4 is 10.8 Å². The minimum absolute atomic E-state index is 0.0485. The number of anilines is 1. The summed E-state index contributed by atoms with van der Waals surface area (Å²) in [4.78, 5) is 21.9. The van der Waals surface area contributed by atoms with Gasteiger partial charge in [0.05, 0.1) is 12.9 Å². The molecule has 166 valence electrons. The first-order valence-corrected chi connectivity index (χ1v) is 11.1. The van der Waals surface area contributed by atoms with E-state index in [0.29, 0.717) is 0 Å². The summed E-state index contributed by atoms with van der Waals surface area (Å²) in [6.45, 7) is -0.342. The fourth-order valence-corrected chi connectivity index (χ4v) is 4.19.